The summed E-state index contributed by atoms with van der Waals surface area (Å²) in [6, 6.07) is 2.36. The summed E-state index contributed by atoms with van der Waals surface area (Å²) >= 11 is 0. The number of pyridine rings is 1. The smallest absolute Gasteiger partial charge is 0.247 e. The third-order valence-electron chi connectivity index (χ3n) is 3.15. The number of nitrogens with zero attached hydrogens (tertiary/aromatic N) is 1. The zero-order chi connectivity index (χ0) is 13.9. The van der Waals surface area contributed by atoms with Crippen molar-refractivity contribution < 1.29 is 8.42 Å². The number of H-pyrrole nitrogens is 1. The average Bonchev–Trinajstić information content (AvgIpc) is 2.81. The lowest BCUT2D eigenvalue weighted by atomic mass is 10.3. The van der Waals surface area contributed by atoms with Crippen molar-refractivity contribution in [3.63, 3.8) is 0 Å². The highest BCUT2D eigenvalue weighted by Gasteiger charge is 2.20. The molecule has 1 aromatic rings. The maximum absolute atomic E-state index is 12.1. The van der Waals surface area contributed by atoms with E-state index >= 15 is 0 Å². The molecule has 0 aliphatic carbocycles. The normalized spacial score (nSPS) is 18.6. The Kier molecular flexibility index (Phi) is 4.38. The summed E-state index contributed by atoms with van der Waals surface area (Å²) in [5.74, 6) is 0. The van der Waals surface area contributed by atoms with Crippen LogP contribution in [0.4, 0.5) is 0 Å². The van der Waals surface area contributed by atoms with E-state index in [-0.39, 0.29) is 16.5 Å². The van der Waals surface area contributed by atoms with Gasteiger partial charge < -0.3 is 9.88 Å². The van der Waals surface area contributed by atoms with E-state index in [1.54, 1.807) is 0 Å². The lowest BCUT2D eigenvalue weighted by Crippen LogP contribution is -2.41. The molecule has 1 saturated heterocycles. The molecular weight excluding hydrogens is 266 g/mol. The first-order valence-corrected chi connectivity index (χ1v) is 7.89. The minimum Gasteiger partial charge on any atom is -0.328 e. The van der Waals surface area contributed by atoms with Crippen LogP contribution in [0.3, 0.4) is 0 Å². The van der Waals surface area contributed by atoms with Gasteiger partial charge in [-0.3, -0.25) is 4.79 Å². The summed E-state index contributed by atoms with van der Waals surface area (Å²) in [5.41, 5.74) is -0.316. The van der Waals surface area contributed by atoms with Crippen LogP contribution in [0.5, 0.6) is 0 Å². The summed E-state index contributed by atoms with van der Waals surface area (Å²) < 4.78 is 26.8. The lowest BCUT2D eigenvalue weighted by Gasteiger charge is -2.21. The van der Waals surface area contributed by atoms with Gasteiger partial charge in [-0.2, -0.15) is 0 Å². The molecule has 2 rings (SSSR count). The van der Waals surface area contributed by atoms with Gasteiger partial charge in [-0.15, -0.1) is 0 Å². The molecular formula is C12H19N3O3S. The molecule has 0 aromatic carbocycles. The number of nitrogens with one attached hydrogen (secondary N) is 2. The molecule has 0 spiro atoms. The molecule has 19 heavy (non-hydrogen) atoms. The summed E-state index contributed by atoms with van der Waals surface area (Å²) in [4.78, 5) is 15.6. The zero-order valence-electron chi connectivity index (χ0n) is 10.9. The SMILES string of the molecule is CC(CN1CCCC1)NS(=O)(=O)c1ccc(=O)[nH]c1. The van der Waals surface area contributed by atoms with E-state index in [0.29, 0.717) is 6.54 Å². The molecule has 1 atom stereocenters. The van der Waals surface area contributed by atoms with Gasteiger partial charge in [0, 0.05) is 24.8 Å². The van der Waals surface area contributed by atoms with Gasteiger partial charge in [0.25, 0.3) is 0 Å². The minimum atomic E-state index is -3.56. The number of aromatic nitrogens is 1. The van der Waals surface area contributed by atoms with E-state index in [9.17, 15) is 13.2 Å². The predicted molar refractivity (Wildman–Crippen MR) is 72.5 cm³/mol. The van der Waals surface area contributed by atoms with Gasteiger partial charge in [0.05, 0.1) is 4.90 Å². The monoisotopic (exact) mass is 285 g/mol. The Hall–Kier alpha value is -1.18. The topological polar surface area (TPSA) is 82.3 Å². The molecule has 1 unspecified atom stereocenters. The third-order valence-corrected chi connectivity index (χ3v) is 4.74. The zero-order valence-corrected chi connectivity index (χ0v) is 11.7. The van der Waals surface area contributed by atoms with Crippen LogP contribution in [-0.4, -0.2) is 44.0 Å². The second-order valence-corrected chi connectivity index (χ2v) is 6.63. The Labute approximate surface area is 112 Å². The molecule has 2 heterocycles. The van der Waals surface area contributed by atoms with Gasteiger partial charge in [0.15, 0.2) is 0 Å². The number of likely N-dealkylation sites (tertiary alicyclic amines) is 1. The average molecular weight is 285 g/mol. The predicted octanol–water partition coefficient (Wildman–Crippen LogP) is 0.138. The summed E-state index contributed by atoms with van der Waals surface area (Å²) in [5, 5.41) is 0. The van der Waals surface area contributed by atoms with Crippen molar-refractivity contribution in [1.29, 1.82) is 0 Å². The molecule has 1 aromatic heterocycles. The summed E-state index contributed by atoms with van der Waals surface area (Å²) in [7, 11) is -3.56. The second-order valence-electron chi connectivity index (χ2n) is 4.92. The van der Waals surface area contributed by atoms with Crippen LogP contribution < -0.4 is 10.3 Å². The van der Waals surface area contributed by atoms with Gasteiger partial charge in [-0.1, -0.05) is 0 Å². The van der Waals surface area contributed by atoms with E-state index in [2.05, 4.69) is 14.6 Å². The molecule has 1 aliphatic heterocycles. The quantitative estimate of drug-likeness (QED) is 0.806. The minimum absolute atomic E-state index is 0.0837. The fraction of sp³-hybridized carbons (Fsp3) is 0.583. The van der Waals surface area contributed by atoms with Crippen LogP contribution in [0.25, 0.3) is 0 Å². The molecule has 0 radical (unpaired) electrons. The van der Waals surface area contributed by atoms with Crippen molar-refractivity contribution in [1.82, 2.24) is 14.6 Å². The Morgan fingerprint density at radius 1 is 1.37 bits per heavy atom. The Morgan fingerprint density at radius 3 is 2.63 bits per heavy atom. The van der Waals surface area contributed by atoms with Gasteiger partial charge in [-0.05, 0) is 38.9 Å². The molecule has 2 N–H and O–H groups in total. The lowest BCUT2D eigenvalue weighted by molar-refractivity contribution is 0.313. The largest absolute Gasteiger partial charge is 0.328 e. The highest BCUT2D eigenvalue weighted by molar-refractivity contribution is 7.89. The van der Waals surface area contributed by atoms with E-state index < -0.39 is 10.0 Å². The summed E-state index contributed by atoms with van der Waals surface area (Å²) in [6.45, 7) is 4.62. The number of aromatic amines is 1. The van der Waals surface area contributed by atoms with Gasteiger partial charge >= 0.3 is 0 Å². The second kappa shape index (κ2) is 5.85. The molecule has 1 aliphatic rings. The van der Waals surface area contributed by atoms with Crippen LogP contribution in [0, 0.1) is 0 Å². The van der Waals surface area contributed by atoms with Crippen LogP contribution in [-0.2, 0) is 10.0 Å². The maximum atomic E-state index is 12.1. The molecule has 0 saturated carbocycles. The molecule has 7 heteroatoms. The molecule has 6 nitrogen and oxygen atoms in total. The van der Waals surface area contributed by atoms with E-state index in [1.165, 1.54) is 31.2 Å². The van der Waals surface area contributed by atoms with Crippen LogP contribution >= 0.6 is 0 Å². The van der Waals surface area contributed by atoms with Gasteiger partial charge in [-0.25, -0.2) is 13.1 Å². The van der Waals surface area contributed by atoms with Crippen molar-refractivity contribution >= 4 is 10.0 Å². The first kappa shape index (κ1) is 14.2. The molecule has 0 bridgehead atoms. The molecule has 1 fully saturated rings. The first-order valence-electron chi connectivity index (χ1n) is 6.41. The Balaban J connectivity index is 1.99. The van der Waals surface area contributed by atoms with E-state index in [4.69, 9.17) is 0 Å². The van der Waals surface area contributed by atoms with Crippen molar-refractivity contribution in [2.75, 3.05) is 19.6 Å². The fourth-order valence-corrected chi connectivity index (χ4v) is 3.49. The standard InChI is InChI=1S/C12H19N3O3S/c1-10(9-15-6-2-3-7-15)14-19(17,18)11-4-5-12(16)13-8-11/h4-5,8,10,14H,2-3,6-7,9H2,1H3,(H,13,16). The Morgan fingerprint density at radius 2 is 2.05 bits per heavy atom. The van der Waals surface area contributed by atoms with Crippen LogP contribution in [0.2, 0.25) is 0 Å². The molecule has 0 amide bonds. The summed E-state index contributed by atoms with van der Waals surface area (Å²) in [6.07, 6.45) is 3.58. The highest BCUT2D eigenvalue weighted by Crippen LogP contribution is 2.09. The first-order chi connectivity index (χ1) is 8.97. The number of rotatable bonds is 5. The maximum Gasteiger partial charge on any atom is 0.247 e. The van der Waals surface area contributed by atoms with Crippen LogP contribution in [0.1, 0.15) is 19.8 Å². The Bertz CT molecular complexity index is 556. The van der Waals surface area contributed by atoms with Gasteiger partial charge in [0.2, 0.25) is 15.6 Å². The van der Waals surface area contributed by atoms with Gasteiger partial charge in [0.1, 0.15) is 0 Å². The van der Waals surface area contributed by atoms with Crippen molar-refractivity contribution in [3.8, 4) is 0 Å². The fourth-order valence-electron chi connectivity index (χ4n) is 2.29. The number of hydrogen-bond acceptors (Lipinski definition) is 4. The van der Waals surface area contributed by atoms with Crippen LogP contribution in [0.15, 0.2) is 28.0 Å². The van der Waals surface area contributed by atoms with E-state index in [1.807, 2.05) is 6.92 Å². The van der Waals surface area contributed by atoms with Crippen molar-refractivity contribution in [3.05, 3.63) is 28.7 Å². The van der Waals surface area contributed by atoms with Crippen molar-refractivity contribution in [2.45, 2.75) is 30.7 Å². The highest BCUT2D eigenvalue weighted by atomic mass is 32.2. The number of hydrogen-bond donors (Lipinski definition) is 2. The third kappa shape index (κ3) is 3.89. The van der Waals surface area contributed by atoms with E-state index in [0.717, 1.165) is 13.1 Å². The van der Waals surface area contributed by atoms with Crippen molar-refractivity contribution in [2.24, 2.45) is 0 Å². The number of sulfonamides is 1. The molecule has 106 valence electrons.